The van der Waals surface area contributed by atoms with Gasteiger partial charge in [0.1, 0.15) is 10.8 Å². The predicted octanol–water partition coefficient (Wildman–Crippen LogP) is 4.31. The number of halogens is 1. The van der Waals surface area contributed by atoms with Gasteiger partial charge in [-0.25, -0.2) is 14.8 Å². The molecule has 10 nitrogen and oxygen atoms in total. The highest BCUT2D eigenvalue weighted by molar-refractivity contribution is 7.19. The second-order valence-corrected chi connectivity index (χ2v) is 11.6. The Balaban J connectivity index is 1.58. The number of ether oxygens (including phenoxy) is 1. The van der Waals surface area contributed by atoms with Crippen LogP contribution >= 0.6 is 22.9 Å². The number of hydrogen-bond donors (Lipinski definition) is 3. The van der Waals surface area contributed by atoms with Gasteiger partial charge in [-0.15, -0.1) is 0 Å². The lowest BCUT2D eigenvalue weighted by molar-refractivity contribution is -0.0499. The summed E-state index contributed by atoms with van der Waals surface area (Å²) in [6.07, 6.45) is -1.62. The Kier molecular flexibility index (Phi) is 8.73. The molecular weight excluding hydrogens is 540 g/mol. The molecule has 2 atom stereocenters. The average Bonchev–Trinajstić information content (AvgIpc) is 3.30. The van der Waals surface area contributed by atoms with Crippen LogP contribution in [0, 0.1) is 18.3 Å². The SMILES string of the molecule is Cc1cc(-c2sc(NC(O)N3CCN(C(=O)OC(C)(C)C)[C@H](CO)C3)nc2-c2cccc(C#N)c2)cc(Cl)n1. The van der Waals surface area contributed by atoms with E-state index in [2.05, 4.69) is 16.4 Å². The van der Waals surface area contributed by atoms with E-state index in [4.69, 9.17) is 21.3 Å². The molecule has 0 aliphatic carbocycles. The van der Waals surface area contributed by atoms with Crippen LogP contribution in [0.1, 0.15) is 32.0 Å². The molecule has 39 heavy (non-hydrogen) atoms. The van der Waals surface area contributed by atoms with Gasteiger partial charge in [0.2, 0.25) is 0 Å². The number of thiazole rings is 1. The second kappa shape index (κ2) is 11.9. The zero-order valence-corrected chi connectivity index (χ0v) is 23.8. The summed E-state index contributed by atoms with van der Waals surface area (Å²) >= 11 is 7.58. The van der Waals surface area contributed by atoms with Crippen LogP contribution < -0.4 is 5.32 Å². The fourth-order valence-electron chi connectivity index (χ4n) is 4.29. The maximum absolute atomic E-state index is 12.6. The number of nitrogens with one attached hydrogen (secondary N) is 1. The van der Waals surface area contributed by atoms with Crippen LogP contribution in [0.25, 0.3) is 21.7 Å². The van der Waals surface area contributed by atoms with Crippen LogP contribution in [0.5, 0.6) is 0 Å². The molecule has 4 rings (SSSR count). The molecule has 1 aliphatic rings. The highest BCUT2D eigenvalue weighted by Crippen LogP contribution is 2.40. The number of aliphatic hydroxyl groups is 2. The normalized spacial score (nSPS) is 17.0. The van der Waals surface area contributed by atoms with Crippen LogP contribution in [-0.4, -0.2) is 80.3 Å². The number of aliphatic hydroxyl groups excluding tert-OH is 2. The van der Waals surface area contributed by atoms with E-state index in [0.29, 0.717) is 28.1 Å². The number of hydrogen-bond acceptors (Lipinski definition) is 10. The number of benzene rings is 1. The van der Waals surface area contributed by atoms with Gasteiger partial charge >= 0.3 is 6.09 Å². The summed E-state index contributed by atoms with van der Waals surface area (Å²) in [5, 5.41) is 34.3. The number of carbonyl (C=O) groups is 1. The first kappa shape index (κ1) is 28.7. The van der Waals surface area contributed by atoms with E-state index < -0.39 is 24.1 Å². The van der Waals surface area contributed by atoms with Crippen molar-refractivity contribution in [3.63, 3.8) is 0 Å². The lowest BCUT2D eigenvalue weighted by Gasteiger charge is -2.42. The van der Waals surface area contributed by atoms with Gasteiger partial charge in [-0.1, -0.05) is 35.1 Å². The zero-order valence-electron chi connectivity index (χ0n) is 22.2. The average molecular weight is 571 g/mol. The van der Waals surface area contributed by atoms with Gasteiger partial charge in [-0.3, -0.25) is 4.90 Å². The molecule has 1 aliphatic heterocycles. The van der Waals surface area contributed by atoms with E-state index in [9.17, 15) is 20.3 Å². The minimum atomic E-state index is -1.13. The molecule has 1 aromatic carbocycles. The molecule has 1 amide bonds. The van der Waals surface area contributed by atoms with E-state index >= 15 is 0 Å². The summed E-state index contributed by atoms with van der Waals surface area (Å²) in [7, 11) is 0. The van der Waals surface area contributed by atoms with Crippen molar-refractivity contribution >= 4 is 34.2 Å². The number of rotatable bonds is 6. The molecule has 1 saturated heterocycles. The number of nitriles is 1. The number of amides is 1. The van der Waals surface area contributed by atoms with Gasteiger partial charge in [-0.05, 0) is 57.5 Å². The molecule has 0 radical (unpaired) electrons. The molecule has 0 bridgehead atoms. The van der Waals surface area contributed by atoms with Crippen molar-refractivity contribution in [2.75, 3.05) is 31.6 Å². The smallest absolute Gasteiger partial charge is 0.410 e. The molecule has 12 heteroatoms. The van der Waals surface area contributed by atoms with Crippen molar-refractivity contribution in [1.29, 1.82) is 5.26 Å². The Bertz CT molecular complexity index is 1370. The first-order valence-corrected chi connectivity index (χ1v) is 13.6. The largest absolute Gasteiger partial charge is 0.444 e. The van der Waals surface area contributed by atoms with Crippen LogP contribution in [0.2, 0.25) is 5.15 Å². The second-order valence-electron chi connectivity index (χ2n) is 10.2. The minimum absolute atomic E-state index is 0.234. The number of nitrogens with zero attached hydrogens (tertiary/aromatic N) is 5. The van der Waals surface area contributed by atoms with Crippen LogP contribution in [0.4, 0.5) is 9.93 Å². The lowest BCUT2D eigenvalue weighted by atomic mass is 10.1. The van der Waals surface area contributed by atoms with Gasteiger partial charge < -0.3 is 25.2 Å². The Morgan fingerprint density at radius 2 is 2.05 bits per heavy atom. The molecule has 0 spiro atoms. The third kappa shape index (κ3) is 7.03. The molecular formula is C27H31ClN6O4S. The van der Waals surface area contributed by atoms with Crippen molar-refractivity contribution in [2.24, 2.45) is 0 Å². The maximum Gasteiger partial charge on any atom is 0.410 e. The summed E-state index contributed by atoms with van der Waals surface area (Å²) in [6.45, 7) is 7.82. The van der Waals surface area contributed by atoms with E-state index in [-0.39, 0.29) is 19.7 Å². The summed E-state index contributed by atoms with van der Waals surface area (Å²) in [5.74, 6) is 0. The van der Waals surface area contributed by atoms with Crippen LogP contribution in [-0.2, 0) is 4.74 Å². The highest BCUT2D eigenvalue weighted by atomic mass is 35.5. The standard InChI is InChI=1S/C27H31ClN6O4S/c1-16-10-19(12-21(28)30-16)23-22(18-7-5-6-17(11-18)13-29)31-24(39-23)32-25(36)33-8-9-34(20(14-33)15-35)26(37)38-27(2,3)4/h5-7,10-12,20,25,35-36H,8-9,14-15H2,1-4H3,(H,31,32)/t20-,25?/m0/s1. The predicted molar refractivity (Wildman–Crippen MR) is 150 cm³/mol. The first-order chi connectivity index (χ1) is 18.5. The number of piperazine rings is 1. The van der Waals surface area contributed by atoms with E-state index in [1.54, 1.807) is 49.9 Å². The molecule has 1 fully saturated rings. The minimum Gasteiger partial charge on any atom is -0.444 e. The van der Waals surface area contributed by atoms with Crippen molar-refractivity contribution in [3.05, 3.63) is 52.8 Å². The van der Waals surface area contributed by atoms with Gasteiger partial charge in [0, 0.05) is 30.9 Å². The molecule has 3 heterocycles. The fraction of sp³-hybridized carbons (Fsp3) is 0.407. The van der Waals surface area contributed by atoms with Crippen molar-refractivity contribution in [2.45, 2.75) is 45.7 Å². The van der Waals surface area contributed by atoms with Crippen molar-refractivity contribution < 1.29 is 19.7 Å². The topological polar surface area (TPSA) is 135 Å². The molecule has 3 N–H and O–H groups in total. The third-order valence-electron chi connectivity index (χ3n) is 6.03. The summed E-state index contributed by atoms with van der Waals surface area (Å²) in [6, 6.07) is 12.4. The third-order valence-corrected chi connectivity index (χ3v) is 7.26. The Morgan fingerprint density at radius 3 is 2.72 bits per heavy atom. The quantitative estimate of drug-likeness (QED) is 0.293. The number of pyridine rings is 1. The molecule has 0 saturated carbocycles. The van der Waals surface area contributed by atoms with Crippen LogP contribution in [0.3, 0.4) is 0 Å². The molecule has 2 aromatic heterocycles. The Morgan fingerprint density at radius 1 is 1.28 bits per heavy atom. The zero-order chi connectivity index (χ0) is 28.3. The summed E-state index contributed by atoms with van der Waals surface area (Å²) < 4.78 is 5.47. The maximum atomic E-state index is 12.6. The van der Waals surface area contributed by atoms with E-state index in [0.717, 1.165) is 21.7 Å². The number of carbonyl (C=O) groups excluding carboxylic acids is 1. The van der Waals surface area contributed by atoms with Gasteiger partial charge in [0.25, 0.3) is 0 Å². The highest BCUT2D eigenvalue weighted by Gasteiger charge is 2.35. The molecule has 1 unspecified atom stereocenters. The Hall–Kier alpha value is -3.27. The van der Waals surface area contributed by atoms with E-state index in [1.807, 2.05) is 19.1 Å². The van der Waals surface area contributed by atoms with Crippen molar-refractivity contribution in [3.8, 4) is 27.8 Å². The fourth-order valence-corrected chi connectivity index (χ4v) is 5.53. The monoisotopic (exact) mass is 570 g/mol. The van der Waals surface area contributed by atoms with E-state index in [1.165, 1.54) is 16.2 Å². The van der Waals surface area contributed by atoms with Gasteiger partial charge in [0.15, 0.2) is 11.5 Å². The summed E-state index contributed by atoms with van der Waals surface area (Å²) in [5.41, 5.74) is 2.80. The van der Waals surface area contributed by atoms with Gasteiger partial charge in [-0.2, -0.15) is 5.26 Å². The first-order valence-electron chi connectivity index (χ1n) is 12.4. The number of anilines is 1. The summed E-state index contributed by atoms with van der Waals surface area (Å²) in [4.78, 5) is 25.6. The lowest BCUT2D eigenvalue weighted by Crippen LogP contribution is -2.60. The Labute approximate surface area is 236 Å². The molecule has 206 valence electrons. The number of aromatic nitrogens is 2. The number of aryl methyl sites for hydroxylation is 1. The van der Waals surface area contributed by atoms with Gasteiger partial charge in [0.05, 0.1) is 34.9 Å². The molecule has 3 aromatic rings. The van der Waals surface area contributed by atoms with Crippen LogP contribution in [0.15, 0.2) is 36.4 Å². The van der Waals surface area contributed by atoms with Crippen molar-refractivity contribution in [1.82, 2.24) is 19.8 Å².